The highest BCUT2D eigenvalue weighted by atomic mass is 35.5. The second-order valence-electron chi connectivity index (χ2n) is 3.14. The maximum atomic E-state index is 9.99. The Labute approximate surface area is 96.9 Å². The number of nitrogen functional groups attached to an aromatic ring is 1. The lowest BCUT2D eigenvalue weighted by Gasteiger charge is -2.11. The van der Waals surface area contributed by atoms with E-state index in [1.54, 1.807) is 24.5 Å². The molecule has 1 atom stereocenters. The monoisotopic (exact) mass is 236 g/mol. The van der Waals surface area contributed by atoms with E-state index in [1.807, 2.05) is 0 Å². The van der Waals surface area contributed by atoms with Crippen molar-refractivity contribution >= 4 is 17.4 Å². The maximum Gasteiger partial charge on any atom is 0.161 e. The highest BCUT2D eigenvalue weighted by molar-refractivity contribution is 6.30. The van der Waals surface area contributed by atoms with E-state index in [1.165, 1.54) is 6.20 Å². The standard InChI is InChI=1S/C10H9ClN4O/c11-6-4-7(9(12)15-5-6)8(16)10-13-2-1-3-14-10/h1-5,8,16H,(H2,12,15). The summed E-state index contributed by atoms with van der Waals surface area (Å²) in [5.74, 6) is 0.475. The van der Waals surface area contributed by atoms with Crippen LogP contribution in [-0.4, -0.2) is 20.1 Å². The van der Waals surface area contributed by atoms with E-state index in [-0.39, 0.29) is 11.6 Å². The molecule has 1 unspecified atom stereocenters. The number of rotatable bonds is 2. The average molecular weight is 237 g/mol. The van der Waals surface area contributed by atoms with Gasteiger partial charge in [0.2, 0.25) is 0 Å². The van der Waals surface area contributed by atoms with Crippen LogP contribution in [0.2, 0.25) is 5.02 Å². The Morgan fingerprint density at radius 2 is 1.94 bits per heavy atom. The second kappa shape index (κ2) is 4.42. The highest BCUT2D eigenvalue weighted by Gasteiger charge is 2.17. The number of pyridine rings is 1. The molecule has 0 bridgehead atoms. The molecule has 0 fully saturated rings. The van der Waals surface area contributed by atoms with Gasteiger partial charge in [-0.3, -0.25) is 0 Å². The molecule has 2 heterocycles. The molecule has 2 rings (SSSR count). The molecule has 0 amide bonds. The van der Waals surface area contributed by atoms with Crippen LogP contribution in [0.1, 0.15) is 17.5 Å². The van der Waals surface area contributed by atoms with Gasteiger partial charge >= 0.3 is 0 Å². The molecule has 0 saturated heterocycles. The van der Waals surface area contributed by atoms with Crippen LogP contribution in [0.5, 0.6) is 0 Å². The number of aliphatic hydroxyl groups is 1. The van der Waals surface area contributed by atoms with Gasteiger partial charge in [-0.15, -0.1) is 0 Å². The molecular weight excluding hydrogens is 228 g/mol. The number of anilines is 1. The third-order valence-electron chi connectivity index (χ3n) is 2.04. The van der Waals surface area contributed by atoms with Crippen molar-refractivity contribution in [2.45, 2.75) is 6.10 Å². The van der Waals surface area contributed by atoms with Gasteiger partial charge in [0, 0.05) is 24.2 Å². The topological polar surface area (TPSA) is 84.9 Å². The number of aromatic nitrogens is 3. The molecule has 6 heteroatoms. The molecule has 0 aromatic carbocycles. The number of hydrogen-bond acceptors (Lipinski definition) is 5. The van der Waals surface area contributed by atoms with Gasteiger partial charge < -0.3 is 10.8 Å². The van der Waals surface area contributed by atoms with E-state index in [0.29, 0.717) is 10.6 Å². The summed E-state index contributed by atoms with van der Waals surface area (Å²) in [5, 5.41) is 10.4. The van der Waals surface area contributed by atoms with Gasteiger partial charge in [0.15, 0.2) is 5.82 Å². The van der Waals surface area contributed by atoms with Crippen molar-refractivity contribution in [1.82, 2.24) is 15.0 Å². The lowest BCUT2D eigenvalue weighted by Crippen LogP contribution is -2.08. The largest absolute Gasteiger partial charge is 0.383 e. The molecule has 0 aliphatic heterocycles. The van der Waals surface area contributed by atoms with Gasteiger partial charge in [0.05, 0.1) is 5.02 Å². The first-order chi connectivity index (χ1) is 7.68. The van der Waals surface area contributed by atoms with Gasteiger partial charge in [-0.1, -0.05) is 11.6 Å². The Balaban J connectivity index is 2.41. The first-order valence-corrected chi connectivity index (χ1v) is 4.92. The predicted octanol–water partition coefficient (Wildman–Crippen LogP) is 1.19. The van der Waals surface area contributed by atoms with Crippen molar-refractivity contribution < 1.29 is 5.11 Å². The Hall–Kier alpha value is -1.72. The zero-order chi connectivity index (χ0) is 11.5. The van der Waals surface area contributed by atoms with Gasteiger partial charge in [0.25, 0.3) is 0 Å². The van der Waals surface area contributed by atoms with Crippen LogP contribution in [0.4, 0.5) is 5.82 Å². The fraction of sp³-hybridized carbons (Fsp3) is 0.100. The van der Waals surface area contributed by atoms with Crippen molar-refractivity contribution in [1.29, 1.82) is 0 Å². The predicted molar refractivity (Wildman–Crippen MR) is 59.8 cm³/mol. The van der Waals surface area contributed by atoms with E-state index in [9.17, 15) is 5.11 Å². The van der Waals surface area contributed by atoms with Crippen molar-refractivity contribution in [2.75, 3.05) is 5.73 Å². The van der Waals surface area contributed by atoms with Gasteiger partial charge in [-0.05, 0) is 12.1 Å². The maximum absolute atomic E-state index is 9.99. The van der Waals surface area contributed by atoms with Crippen molar-refractivity contribution in [3.63, 3.8) is 0 Å². The zero-order valence-electron chi connectivity index (χ0n) is 8.21. The first-order valence-electron chi connectivity index (χ1n) is 4.54. The van der Waals surface area contributed by atoms with E-state index in [2.05, 4.69) is 15.0 Å². The normalized spacial score (nSPS) is 12.4. The fourth-order valence-electron chi connectivity index (χ4n) is 1.28. The molecule has 5 nitrogen and oxygen atoms in total. The van der Waals surface area contributed by atoms with Crippen molar-refractivity contribution in [3.05, 3.63) is 47.1 Å². The Bertz CT molecular complexity index is 491. The molecule has 0 aliphatic rings. The Morgan fingerprint density at radius 1 is 1.25 bits per heavy atom. The Kier molecular flexibility index (Phi) is 2.98. The van der Waals surface area contributed by atoms with Gasteiger partial charge in [-0.25, -0.2) is 15.0 Å². The number of nitrogens with zero attached hydrogens (tertiary/aromatic N) is 3. The third kappa shape index (κ3) is 2.10. The van der Waals surface area contributed by atoms with E-state index < -0.39 is 6.10 Å². The average Bonchev–Trinajstić information content (AvgIpc) is 2.32. The van der Waals surface area contributed by atoms with Gasteiger partial charge in [-0.2, -0.15) is 0 Å². The van der Waals surface area contributed by atoms with Crippen LogP contribution in [0.25, 0.3) is 0 Å². The Morgan fingerprint density at radius 3 is 2.62 bits per heavy atom. The fourth-order valence-corrected chi connectivity index (χ4v) is 1.44. The molecule has 0 saturated carbocycles. The van der Waals surface area contributed by atoms with Crippen LogP contribution >= 0.6 is 11.6 Å². The number of halogens is 1. The molecule has 2 aromatic heterocycles. The van der Waals surface area contributed by atoms with E-state index >= 15 is 0 Å². The van der Waals surface area contributed by atoms with Crippen molar-refractivity contribution in [2.24, 2.45) is 0 Å². The SMILES string of the molecule is Nc1ncc(Cl)cc1C(O)c1ncccn1. The summed E-state index contributed by atoms with van der Waals surface area (Å²) in [7, 11) is 0. The summed E-state index contributed by atoms with van der Waals surface area (Å²) in [6.45, 7) is 0. The number of hydrogen-bond donors (Lipinski definition) is 2. The minimum atomic E-state index is -1.02. The van der Waals surface area contributed by atoms with Gasteiger partial charge in [0.1, 0.15) is 11.9 Å². The molecule has 0 spiro atoms. The summed E-state index contributed by atoms with van der Waals surface area (Å²) in [5.41, 5.74) is 6.04. The number of nitrogens with two attached hydrogens (primary N) is 1. The summed E-state index contributed by atoms with van der Waals surface area (Å²) in [6, 6.07) is 3.21. The van der Waals surface area contributed by atoms with Crippen LogP contribution in [-0.2, 0) is 0 Å². The lowest BCUT2D eigenvalue weighted by molar-refractivity contribution is 0.210. The van der Waals surface area contributed by atoms with Crippen molar-refractivity contribution in [3.8, 4) is 0 Å². The molecular formula is C10H9ClN4O. The second-order valence-corrected chi connectivity index (χ2v) is 3.57. The molecule has 3 N–H and O–H groups in total. The molecule has 16 heavy (non-hydrogen) atoms. The lowest BCUT2D eigenvalue weighted by atomic mass is 10.1. The zero-order valence-corrected chi connectivity index (χ0v) is 8.96. The molecule has 82 valence electrons. The summed E-state index contributed by atoms with van der Waals surface area (Å²) in [4.78, 5) is 11.7. The third-order valence-corrected chi connectivity index (χ3v) is 2.25. The smallest absolute Gasteiger partial charge is 0.161 e. The van der Waals surface area contributed by atoms with E-state index in [4.69, 9.17) is 17.3 Å². The number of aliphatic hydroxyl groups excluding tert-OH is 1. The van der Waals surface area contributed by atoms with Crippen LogP contribution < -0.4 is 5.73 Å². The summed E-state index contributed by atoms with van der Waals surface area (Å²) >= 11 is 5.78. The minimum Gasteiger partial charge on any atom is -0.383 e. The van der Waals surface area contributed by atoms with E-state index in [0.717, 1.165) is 0 Å². The van der Waals surface area contributed by atoms with Crippen LogP contribution in [0.3, 0.4) is 0 Å². The quantitative estimate of drug-likeness (QED) is 0.818. The summed E-state index contributed by atoms with van der Waals surface area (Å²) < 4.78 is 0. The van der Waals surface area contributed by atoms with Crippen LogP contribution in [0, 0.1) is 0 Å². The minimum absolute atomic E-state index is 0.212. The molecule has 0 aliphatic carbocycles. The first kappa shape index (κ1) is 10.8. The van der Waals surface area contributed by atoms with Crippen LogP contribution in [0.15, 0.2) is 30.7 Å². The molecule has 0 radical (unpaired) electrons. The highest BCUT2D eigenvalue weighted by Crippen LogP contribution is 2.25. The summed E-state index contributed by atoms with van der Waals surface area (Å²) in [6.07, 6.45) is 3.48. The molecule has 2 aromatic rings.